The van der Waals surface area contributed by atoms with E-state index in [1.807, 2.05) is 77.0 Å². The SMILES string of the molecule is O=C1CCCC2=C1[C@H](c1ccccc1)N(C(=O)Cc1cccs1)c1ccccc1N2. The molecule has 4 nitrogen and oxygen atoms in total. The molecule has 1 amide bonds. The minimum Gasteiger partial charge on any atom is -0.357 e. The number of hydrogen-bond acceptors (Lipinski definition) is 4. The molecule has 5 rings (SSSR count). The Morgan fingerprint density at radius 2 is 1.80 bits per heavy atom. The fourth-order valence-electron chi connectivity index (χ4n) is 4.41. The zero-order valence-electron chi connectivity index (χ0n) is 16.5. The van der Waals surface area contributed by atoms with E-state index in [0.29, 0.717) is 12.8 Å². The molecule has 0 unspecified atom stereocenters. The number of anilines is 2. The highest BCUT2D eigenvalue weighted by Gasteiger charge is 2.39. The number of benzene rings is 2. The van der Waals surface area contributed by atoms with Crippen molar-refractivity contribution in [2.24, 2.45) is 0 Å². The molecule has 3 aromatic rings. The van der Waals surface area contributed by atoms with Crippen LogP contribution in [0.5, 0.6) is 0 Å². The molecule has 1 N–H and O–H groups in total. The number of Topliss-reactive ketones (excluding diaryl/α,β-unsaturated/α-hetero) is 1. The maximum atomic E-state index is 13.7. The highest BCUT2D eigenvalue weighted by molar-refractivity contribution is 7.10. The molecule has 0 radical (unpaired) electrons. The summed E-state index contributed by atoms with van der Waals surface area (Å²) in [6.07, 6.45) is 2.47. The monoisotopic (exact) mass is 414 g/mol. The van der Waals surface area contributed by atoms with Crippen molar-refractivity contribution in [3.8, 4) is 0 Å². The van der Waals surface area contributed by atoms with Gasteiger partial charge in [0.1, 0.15) is 0 Å². The number of amides is 1. The van der Waals surface area contributed by atoms with E-state index >= 15 is 0 Å². The van der Waals surface area contributed by atoms with E-state index in [-0.39, 0.29) is 11.7 Å². The molecule has 0 saturated heterocycles. The van der Waals surface area contributed by atoms with Crippen LogP contribution in [0.25, 0.3) is 0 Å². The van der Waals surface area contributed by atoms with Crippen molar-refractivity contribution in [3.63, 3.8) is 0 Å². The third-order valence-corrected chi connectivity index (χ3v) is 6.60. The van der Waals surface area contributed by atoms with E-state index in [2.05, 4.69) is 5.32 Å². The zero-order chi connectivity index (χ0) is 20.5. The van der Waals surface area contributed by atoms with Crippen molar-refractivity contribution >= 4 is 34.4 Å². The third-order valence-electron chi connectivity index (χ3n) is 5.73. The van der Waals surface area contributed by atoms with E-state index in [1.54, 1.807) is 11.3 Å². The average Bonchev–Trinajstić information content (AvgIpc) is 3.21. The van der Waals surface area contributed by atoms with Gasteiger partial charge in [-0.3, -0.25) is 14.5 Å². The number of thiophene rings is 1. The predicted octanol–water partition coefficient (Wildman–Crippen LogP) is 5.50. The van der Waals surface area contributed by atoms with Crippen LogP contribution in [-0.4, -0.2) is 11.7 Å². The molecule has 0 bridgehead atoms. The standard InChI is InChI=1S/C25H22N2O2S/c28-22-14-6-12-20-24(22)25(17-8-2-1-3-9-17)27(21-13-5-4-11-19(21)26-20)23(29)16-18-10-7-15-30-18/h1-5,7-11,13,15,25-26H,6,12,14,16H2/t25-/m0/s1. The van der Waals surface area contributed by atoms with E-state index in [0.717, 1.165) is 45.9 Å². The number of hydrogen-bond donors (Lipinski definition) is 1. The lowest BCUT2D eigenvalue weighted by Crippen LogP contribution is -2.38. The van der Waals surface area contributed by atoms with E-state index in [1.165, 1.54) is 0 Å². The Morgan fingerprint density at radius 1 is 1.00 bits per heavy atom. The summed E-state index contributed by atoms with van der Waals surface area (Å²) < 4.78 is 0. The Hall–Kier alpha value is -3.18. The normalized spacial score (nSPS) is 18.3. The minimum absolute atomic E-state index is 0.00678. The fourth-order valence-corrected chi connectivity index (χ4v) is 5.10. The van der Waals surface area contributed by atoms with Crippen LogP contribution in [-0.2, 0) is 16.0 Å². The number of ketones is 1. The first-order valence-corrected chi connectivity index (χ1v) is 11.1. The lowest BCUT2D eigenvalue weighted by atomic mass is 9.85. The maximum Gasteiger partial charge on any atom is 0.233 e. The van der Waals surface area contributed by atoms with E-state index in [4.69, 9.17) is 0 Å². The predicted molar refractivity (Wildman–Crippen MR) is 121 cm³/mol. The first-order valence-electron chi connectivity index (χ1n) is 10.2. The van der Waals surface area contributed by atoms with Gasteiger partial charge in [0.25, 0.3) is 0 Å². The number of nitrogens with one attached hydrogen (secondary N) is 1. The molecule has 2 heterocycles. The van der Waals surface area contributed by atoms with Crippen LogP contribution in [0.15, 0.2) is 83.4 Å². The number of para-hydroxylation sites is 2. The van der Waals surface area contributed by atoms with Crippen molar-refractivity contribution in [2.75, 3.05) is 10.2 Å². The smallest absolute Gasteiger partial charge is 0.233 e. The fraction of sp³-hybridized carbons (Fsp3) is 0.200. The Balaban J connectivity index is 1.71. The summed E-state index contributed by atoms with van der Waals surface area (Å²) in [7, 11) is 0. The van der Waals surface area contributed by atoms with Gasteiger partial charge >= 0.3 is 0 Å². The van der Waals surface area contributed by atoms with Gasteiger partial charge in [-0.15, -0.1) is 11.3 Å². The molecule has 30 heavy (non-hydrogen) atoms. The maximum absolute atomic E-state index is 13.7. The summed E-state index contributed by atoms with van der Waals surface area (Å²) in [4.78, 5) is 29.7. The van der Waals surface area contributed by atoms with Gasteiger partial charge in [-0.1, -0.05) is 48.5 Å². The second-order valence-electron chi connectivity index (χ2n) is 7.64. The largest absolute Gasteiger partial charge is 0.357 e. The summed E-state index contributed by atoms with van der Waals surface area (Å²) in [5.74, 6) is 0.118. The third kappa shape index (κ3) is 3.35. The molecule has 5 heteroatoms. The van der Waals surface area contributed by atoms with E-state index < -0.39 is 6.04 Å². The van der Waals surface area contributed by atoms with Crippen LogP contribution in [0.2, 0.25) is 0 Å². The quantitative estimate of drug-likeness (QED) is 0.616. The van der Waals surface area contributed by atoms with Gasteiger partial charge in [-0.2, -0.15) is 0 Å². The first-order chi connectivity index (χ1) is 14.7. The summed E-state index contributed by atoms with van der Waals surface area (Å²) in [6.45, 7) is 0. The van der Waals surface area contributed by atoms with Gasteiger partial charge in [0.2, 0.25) is 5.91 Å². The van der Waals surface area contributed by atoms with Crippen molar-refractivity contribution in [3.05, 3.63) is 93.8 Å². The molecule has 1 atom stereocenters. The second-order valence-corrected chi connectivity index (χ2v) is 8.68. The van der Waals surface area contributed by atoms with Crippen molar-refractivity contribution in [1.29, 1.82) is 0 Å². The molecular formula is C25H22N2O2S. The highest BCUT2D eigenvalue weighted by atomic mass is 32.1. The highest BCUT2D eigenvalue weighted by Crippen LogP contribution is 2.45. The first kappa shape index (κ1) is 18.8. The van der Waals surface area contributed by atoms with Crippen LogP contribution >= 0.6 is 11.3 Å². The van der Waals surface area contributed by atoms with Gasteiger partial charge in [-0.05, 0) is 42.0 Å². The van der Waals surface area contributed by atoms with Gasteiger partial charge < -0.3 is 5.32 Å². The number of carbonyl (C=O) groups excluding carboxylic acids is 2. The van der Waals surface area contributed by atoms with Crippen molar-refractivity contribution in [1.82, 2.24) is 0 Å². The lowest BCUT2D eigenvalue weighted by Gasteiger charge is -2.34. The number of nitrogens with zero attached hydrogens (tertiary/aromatic N) is 1. The van der Waals surface area contributed by atoms with Crippen molar-refractivity contribution < 1.29 is 9.59 Å². The number of rotatable bonds is 3. The van der Waals surface area contributed by atoms with Crippen LogP contribution < -0.4 is 10.2 Å². The van der Waals surface area contributed by atoms with Gasteiger partial charge in [0, 0.05) is 22.6 Å². The van der Waals surface area contributed by atoms with Crippen LogP contribution in [0.3, 0.4) is 0 Å². The zero-order valence-corrected chi connectivity index (χ0v) is 17.3. The van der Waals surface area contributed by atoms with Gasteiger partial charge in [-0.25, -0.2) is 0 Å². The van der Waals surface area contributed by atoms with E-state index in [9.17, 15) is 9.59 Å². The molecule has 0 saturated carbocycles. The molecule has 1 aliphatic carbocycles. The Bertz CT molecular complexity index is 1120. The average molecular weight is 415 g/mol. The van der Waals surface area contributed by atoms with Crippen LogP contribution in [0.1, 0.15) is 35.7 Å². The number of carbonyl (C=O) groups is 2. The molecule has 0 fully saturated rings. The van der Waals surface area contributed by atoms with Crippen molar-refractivity contribution in [2.45, 2.75) is 31.7 Å². The number of fused-ring (bicyclic) bond motifs is 1. The molecule has 1 aliphatic heterocycles. The van der Waals surface area contributed by atoms with Gasteiger partial charge in [0.05, 0.1) is 23.8 Å². The Kier molecular flexibility index (Phi) is 4.97. The lowest BCUT2D eigenvalue weighted by molar-refractivity contribution is -0.118. The molecular weight excluding hydrogens is 392 g/mol. The summed E-state index contributed by atoms with van der Waals surface area (Å²) in [5, 5.41) is 5.49. The Morgan fingerprint density at radius 3 is 2.60 bits per heavy atom. The molecule has 2 aromatic carbocycles. The van der Waals surface area contributed by atoms with Gasteiger partial charge in [0.15, 0.2) is 5.78 Å². The topological polar surface area (TPSA) is 49.4 Å². The molecule has 150 valence electrons. The van der Waals surface area contributed by atoms with Crippen LogP contribution in [0, 0.1) is 0 Å². The molecule has 1 aromatic heterocycles. The molecule has 2 aliphatic rings. The summed E-state index contributed by atoms with van der Waals surface area (Å²) in [6, 6.07) is 21.3. The Labute approximate surface area is 179 Å². The number of allylic oxidation sites excluding steroid dienone is 1. The second kappa shape index (κ2) is 7.92. The minimum atomic E-state index is -0.433. The molecule has 0 spiro atoms. The van der Waals surface area contributed by atoms with Crippen LogP contribution in [0.4, 0.5) is 11.4 Å². The summed E-state index contributed by atoms with van der Waals surface area (Å²) >= 11 is 1.58. The summed E-state index contributed by atoms with van der Waals surface area (Å²) in [5.41, 5.74) is 4.31.